The van der Waals surface area contributed by atoms with E-state index in [0.29, 0.717) is 6.54 Å². The van der Waals surface area contributed by atoms with Crippen molar-refractivity contribution in [2.45, 2.75) is 52.0 Å². The van der Waals surface area contributed by atoms with Gasteiger partial charge in [-0.05, 0) is 31.1 Å². The number of nitrogens with one attached hydrogen (secondary N) is 1. The Hall–Kier alpha value is -0.610. The van der Waals surface area contributed by atoms with E-state index in [4.69, 9.17) is 5.73 Å². The molecule has 1 rings (SSSR count). The van der Waals surface area contributed by atoms with Crippen LogP contribution in [0.1, 0.15) is 46.5 Å². The highest BCUT2D eigenvalue weighted by Gasteiger charge is 2.39. The van der Waals surface area contributed by atoms with E-state index in [1.807, 2.05) is 0 Å². The maximum absolute atomic E-state index is 12.1. The van der Waals surface area contributed by atoms with Crippen LogP contribution in [-0.4, -0.2) is 29.7 Å². The van der Waals surface area contributed by atoms with Crippen molar-refractivity contribution in [2.75, 3.05) is 13.2 Å². The van der Waals surface area contributed by atoms with Gasteiger partial charge in [-0.15, -0.1) is 0 Å². The summed E-state index contributed by atoms with van der Waals surface area (Å²) in [5.74, 6) is -0.157. The second kappa shape index (κ2) is 5.36. The number of carbonyl (C=O) groups is 1. The van der Waals surface area contributed by atoms with Crippen molar-refractivity contribution in [1.29, 1.82) is 0 Å². The van der Waals surface area contributed by atoms with Crippen molar-refractivity contribution in [3.8, 4) is 0 Å². The van der Waals surface area contributed by atoms with Crippen LogP contribution in [0.4, 0.5) is 0 Å². The van der Waals surface area contributed by atoms with Gasteiger partial charge in [0, 0.05) is 6.54 Å². The van der Waals surface area contributed by atoms with Crippen LogP contribution in [0.15, 0.2) is 0 Å². The fourth-order valence-electron chi connectivity index (χ4n) is 2.31. The molecule has 17 heavy (non-hydrogen) atoms. The lowest BCUT2D eigenvalue weighted by molar-refractivity contribution is -0.129. The second-order valence-corrected chi connectivity index (χ2v) is 6.48. The number of amides is 1. The van der Waals surface area contributed by atoms with Crippen LogP contribution in [0, 0.1) is 11.3 Å². The zero-order chi connectivity index (χ0) is 13.1. The summed E-state index contributed by atoms with van der Waals surface area (Å²) in [6, 6.07) is 0. The molecule has 0 spiro atoms. The molecule has 0 aromatic carbocycles. The second-order valence-electron chi connectivity index (χ2n) is 6.48. The summed E-state index contributed by atoms with van der Waals surface area (Å²) in [5, 5.41) is 12.3. The Kier molecular flexibility index (Phi) is 4.55. The van der Waals surface area contributed by atoms with Gasteiger partial charge in [-0.25, -0.2) is 0 Å². The third-order valence-corrected chi connectivity index (χ3v) is 3.52. The lowest BCUT2D eigenvalue weighted by Gasteiger charge is -2.42. The Labute approximate surface area is 104 Å². The van der Waals surface area contributed by atoms with E-state index >= 15 is 0 Å². The zero-order valence-electron chi connectivity index (χ0n) is 11.3. The molecule has 1 atom stereocenters. The van der Waals surface area contributed by atoms with Crippen molar-refractivity contribution in [1.82, 2.24) is 5.32 Å². The van der Waals surface area contributed by atoms with Gasteiger partial charge in [0.25, 0.3) is 0 Å². The predicted molar refractivity (Wildman–Crippen MR) is 68.4 cm³/mol. The molecule has 4 nitrogen and oxygen atoms in total. The number of aliphatic hydroxyl groups is 1. The van der Waals surface area contributed by atoms with Crippen molar-refractivity contribution in [3.05, 3.63) is 0 Å². The van der Waals surface area contributed by atoms with E-state index in [0.717, 1.165) is 25.7 Å². The molecule has 1 saturated carbocycles. The van der Waals surface area contributed by atoms with Crippen LogP contribution in [0.3, 0.4) is 0 Å². The first kappa shape index (κ1) is 14.5. The van der Waals surface area contributed by atoms with E-state index < -0.39 is 0 Å². The van der Waals surface area contributed by atoms with E-state index in [1.54, 1.807) is 0 Å². The van der Waals surface area contributed by atoms with Crippen LogP contribution in [-0.2, 0) is 4.79 Å². The standard InChI is InChI=1S/C13H26N2O2/c1-12(2,3)7-10(8-14)11(17)15-13(9-16)5-4-6-13/h10,16H,4-9,14H2,1-3H3,(H,15,17). The number of carbonyl (C=O) groups excluding carboxylic acids is 1. The molecular formula is C13H26N2O2. The third-order valence-electron chi connectivity index (χ3n) is 3.52. The molecule has 1 amide bonds. The smallest absolute Gasteiger partial charge is 0.224 e. The highest BCUT2D eigenvalue weighted by atomic mass is 16.3. The zero-order valence-corrected chi connectivity index (χ0v) is 11.3. The predicted octanol–water partition coefficient (Wildman–Crippen LogP) is 1.03. The number of nitrogens with two attached hydrogens (primary N) is 1. The first-order valence-electron chi connectivity index (χ1n) is 6.45. The normalized spacial score (nSPS) is 20.5. The minimum absolute atomic E-state index is 0.00354. The minimum Gasteiger partial charge on any atom is -0.394 e. The molecule has 1 fully saturated rings. The van der Waals surface area contributed by atoms with Gasteiger partial charge in [0.2, 0.25) is 5.91 Å². The van der Waals surface area contributed by atoms with Gasteiger partial charge in [0.1, 0.15) is 0 Å². The maximum atomic E-state index is 12.1. The molecule has 100 valence electrons. The van der Waals surface area contributed by atoms with E-state index in [1.165, 1.54) is 0 Å². The molecular weight excluding hydrogens is 216 g/mol. The van der Waals surface area contributed by atoms with Gasteiger partial charge >= 0.3 is 0 Å². The highest BCUT2D eigenvalue weighted by Crippen LogP contribution is 2.32. The van der Waals surface area contributed by atoms with Crippen molar-refractivity contribution in [2.24, 2.45) is 17.1 Å². The largest absolute Gasteiger partial charge is 0.394 e. The summed E-state index contributed by atoms with van der Waals surface area (Å²) in [6.45, 7) is 6.71. The molecule has 1 unspecified atom stereocenters. The Morgan fingerprint density at radius 2 is 2.06 bits per heavy atom. The van der Waals surface area contributed by atoms with Gasteiger partial charge in [0.15, 0.2) is 0 Å². The number of hydrogen-bond donors (Lipinski definition) is 3. The Bertz CT molecular complexity index is 262. The molecule has 0 aliphatic heterocycles. The van der Waals surface area contributed by atoms with Crippen molar-refractivity contribution in [3.63, 3.8) is 0 Å². The third kappa shape index (κ3) is 3.96. The lowest BCUT2D eigenvalue weighted by atomic mass is 9.76. The average molecular weight is 242 g/mol. The van der Waals surface area contributed by atoms with Crippen molar-refractivity contribution < 1.29 is 9.90 Å². The summed E-state index contributed by atoms with van der Waals surface area (Å²) >= 11 is 0. The SMILES string of the molecule is CC(C)(C)CC(CN)C(=O)NC1(CO)CCC1. The molecule has 4 N–H and O–H groups in total. The molecule has 0 radical (unpaired) electrons. The summed E-state index contributed by atoms with van der Waals surface area (Å²) < 4.78 is 0. The molecule has 0 aromatic heterocycles. The molecule has 1 aliphatic rings. The minimum atomic E-state index is -0.359. The molecule has 4 heteroatoms. The first-order chi connectivity index (χ1) is 7.82. The van der Waals surface area contributed by atoms with Crippen LogP contribution in [0.25, 0.3) is 0 Å². The average Bonchev–Trinajstić information content (AvgIpc) is 2.18. The number of hydrogen-bond acceptors (Lipinski definition) is 3. The Balaban J connectivity index is 2.54. The summed E-state index contributed by atoms with van der Waals surface area (Å²) in [6.07, 6.45) is 3.61. The van der Waals surface area contributed by atoms with Crippen molar-refractivity contribution >= 4 is 5.91 Å². The molecule has 0 saturated heterocycles. The Morgan fingerprint density at radius 3 is 2.35 bits per heavy atom. The fourth-order valence-corrected chi connectivity index (χ4v) is 2.31. The highest BCUT2D eigenvalue weighted by molar-refractivity contribution is 5.79. The van der Waals surface area contributed by atoms with Gasteiger partial charge in [0.05, 0.1) is 18.1 Å². The van der Waals surface area contributed by atoms with Gasteiger partial charge < -0.3 is 16.2 Å². The van der Waals surface area contributed by atoms with Gasteiger partial charge in [-0.3, -0.25) is 4.79 Å². The van der Waals surface area contributed by atoms with Crippen LogP contribution in [0.5, 0.6) is 0 Å². The fraction of sp³-hybridized carbons (Fsp3) is 0.923. The molecule has 0 heterocycles. The number of aliphatic hydroxyl groups excluding tert-OH is 1. The van der Waals surface area contributed by atoms with Gasteiger partial charge in [-0.1, -0.05) is 20.8 Å². The van der Waals surface area contributed by atoms with Crippen LogP contribution >= 0.6 is 0 Å². The molecule has 0 aromatic rings. The quantitative estimate of drug-likeness (QED) is 0.674. The number of rotatable bonds is 5. The van der Waals surface area contributed by atoms with E-state index in [2.05, 4.69) is 26.1 Å². The van der Waals surface area contributed by atoms with Crippen LogP contribution < -0.4 is 11.1 Å². The monoisotopic (exact) mass is 242 g/mol. The summed E-state index contributed by atoms with van der Waals surface area (Å²) in [4.78, 5) is 12.1. The van der Waals surface area contributed by atoms with E-state index in [9.17, 15) is 9.90 Å². The topological polar surface area (TPSA) is 75.4 Å². The first-order valence-corrected chi connectivity index (χ1v) is 6.45. The molecule has 0 bridgehead atoms. The van der Waals surface area contributed by atoms with Gasteiger partial charge in [-0.2, -0.15) is 0 Å². The van der Waals surface area contributed by atoms with E-state index in [-0.39, 0.29) is 29.4 Å². The van der Waals surface area contributed by atoms with Crippen LogP contribution in [0.2, 0.25) is 0 Å². The summed E-state index contributed by atoms with van der Waals surface area (Å²) in [7, 11) is 0. The molecule has 1 aliphatic carbocycles. The maximum Gasteiger partial charge on any atom is 0.224 e. The lowest BCUT2D eigenvalue weighted by Crippen LogP contribution is -2.58. The summed E-state index contributed by atoms with van der Waals surface area (Å²) in [5.41, 5.74) is 5.41. The Morgan fingerprint density at radius 1 is 1.47 bits per heavy atom.